The van der Waals surface area contributed by atoms with Gasteiger partial charge < -0.3 is 0 Å². The van der Waals surface area contributed by atoms with Gasteiger partial charge in [0.1, 0.15) is 0 Å². The number of hydrogen-bond acceptors (Lipinski definition) is 0. The first-order valence-corrected chi connectivity index (χ1v) is 5.62. The summed E-state index contributed by atoms with van der Waals surface area (Å²) in [6.07, 6.45) is 7.77. The van der Waals surface area contributed by atoms with E-state index in [0.29, 0.717) is 0 Å². The van der Waals surface area contributed by atoms with Gasteiger partial charge in [-0.05, 0) is 43.1 Å². The molecule has 13 heavy (non-hydrogen) atoms. The SMILES string of the molecule is CCC1=CC2=C(C1)CC(C)CC2C. The van der Waals surface area contributed by atoms with E-state index < -0.39 is 0 Å². The number of rotatable bonds is 1. The first kappa shape index (κ1) is 9.05. The lowest BCUT2D eigenvalue weighted by Gasteiger charge is -2.26. The second kappa shape index (κ2) is 3.32. The van der Waals surface area contributed by atoms with Gasteiger partial charge in [0, 0.05) is 0 Å². The molecule has 0 aromatic carbocycles. The van der Waals surface area contributed by atoms with Crippen molar-refractivity contribution in [3.63, 3.8) is 0 Å². The molecule has 2 aliphatic rings. The topological polar surface area (TPSA) is 0 Å². The monoisotopic (exact) mass is 176 g/mol. The molecule has 0 fully saturated rings. The number of allylic oxidation sites excluding steroid dienone is 4. The van der Waals surface area contributed by atoms with Crippen molar-refractivity contribution in [1.29, 1.82) is 0 Å². The minimum absolute atomic E-state index is 0.822. The maximum Gasteiger partial charge on any atom is -0.00993 e. The molecule has 2 atom stereocenters. The van der Waals surface area contributed by atoms with Gasteiger partial charge in [-0.15, -0.1) is 0 Å². The molecule has 0 spiro atoms. The van der Waals surface area contributed by atoms with Gasteiger partial charge in [-0.3, -0.25) is 0 Å². The highest BCUT2D eigenvalue weighted by atomic mass is 14.3. The minimum Gasteiger partial charge on any atom is -0.0661 e. The molecule has 2 aliphatic carbocycles. The van der Waals surface area contributed by atoms with Crippen LogP contribution in [-0.2, 0) is 0 Å². The molecule has 0 saturated heterocycles. The molecule has 0 aliphatic heterocycles. The highest BCUT2D eigenvalue weighted by molar-refractivity contribution is 5.41. The predicted molar refractivity (Wildman–Crippen MR) is 57.6 cm³/mol. The molecule has 2 rings (SSSR count). The summed E-state index contributed by atoms with van der Waals surface area (Å²) in [5.74, 6) is 1.74. The Morgan fingerprint density at radius 1 is 1.38 bits per heavy atom. The largest absolute Gasteiger partial charge is 0.0661 e. The Hall–Kier alpha value is -0.520. The minimum atomic E-state index is 0.822. The smallest absolute Gasteiger partial charge is 0.00993 e. The van der Waals surface area contributed by atoms with E-state index in [9.17, 15) is 0 Å². The van der Waals surface area contributed by atoms with Crippen LogP contribution in [0.25, 0.3) is 0 Å². The molecule has 2 unspecified atom stereocenters. The predicted octanol–water partition coefficient (Wildman–Crippen LogP) is 4.09. The van der Waals surface area contributed by atoms with Crippen LogP contribution in [0.5, 0.6) is 0 Å². The zero-order valence-electron chi connectivity index (χ0n) is 9.06. The molecule has 72 valence electrons. The van der Waals surface area contributed by atoms with Gasteiger partial charge in [0.25, 0.3) is 0 Å². The zero-order chi connectivity index (χ0) is 9.42. The fraction of sp³-hybridized carbons (Fsp3) is 0.692. The van der Waals surface area contributed by atoms with E-state index in [1.807, 2.05) is 0 Å². The van der Waals surface area contributed by atoms with Crippen LogP contribution in [0.3, 0.4) is 0 Å². The van der Waals surface area contributed by atoms with Gasteiger partial charge in [0.15, 0.2) is 0 Å². The van der Waals surface area contributed by atoms with Crippen LogP contribution in [0.1, 0.15) is 46.5 Å². The molecular weight excluding hydrogens is 156 g/mol. The zero-order valence-corrected chi connectivity index (χ0v) is 9.06. The van der Waals surface area contributed by atoms with Crippen LogP contribution in [0, 0.1) is 11.8 Å². The molecule has 0 radical (unpaired) electrons. The van der Waals surface area contributed by atoms with E-state index in [-0.39, 0.29) is 0 Å². The lowest BCUT2D eigenvalue weighted by molar-refractivity contribution is 0.422. The fourth-order valence-corrected chi connectivity index (χ4v) is 2.89. The summed E-state index contributed by atoms with van der Waals surface area (Å²) in [5.41, 5.74) is 5.10. The van der Waals surface area contributed by atoms with E-state index in [1.165, 1.54) is 25.7 Å². The van der Waals surface area contributed by atoms with E-state index in [1.54, 1.807) is 16.7 Å². The molecule has 0 amide bonds. The Balaban J connectivity index is 2.20. The fourth-order valence-electron chi connectivity index (χ4n) is 2.89. The first-order chi connectivity index (χ1) is 6.20. The standard InChI is InChI=1S/C13H20/c1-4-11-7-12-6-9(2)5-10(3)13(12)8-11/h8-10H,4-7H2,1-3H3. The van der Waals surface area contributed by atoms with Crippen LogP contribution >= 0.6 is 0 Å². The van der Waals surface area contributed by atoms with Crippen molar-refractivity contribution >= 4 is 0 Å². The highest BCUT2D eigenvalue weighted by Gasteiger charge is 2.26. The van der Waals surface area contributed by atoms with Crippen molar-refractivity contribution < 1.29 is 0 Å². The van der Waals surface area contributed by atoms with E-state index in [0.717, 1.165) is 11.8 Å². The van der Waals surface area contributed by atoms with Crippen LogP contribution in [0.15, 0.2) is 22.8 Å². The summed E-state index contributed by atoms with van der Waals surface area (Å²) < 4.78 is 0. The lowest BCUT2D eigenvalue weighted by Crippen LogP contribution is -2.12. The maximum absolute atomic E-state index is 2.48. The van der Waals surface area contributed by atoms with Crippen LogP contribution in [0.4, 0.5) is 0 Å². The molecular formula is C13H20. The molecule has 0 heteroatoms. The lowest BCUT2D eigenvalue weighted by atomic mass is 9.79. The van der Waals surface area contributed by atoms with E-state index in [2.05, 4.69) is 26.8 Å². The van der Waals surface area contributed by atoms with Gasteiger partial charge in [0.2, 0.25) is 0 Å². The summed E-state index contributed by atoms with van der Waals surface area (Å²) in [6.45, 7) is 7.06. The molecule has 0 nitrogen and oxygen atoms in total. The Labute approximate surface area is 81.7 Å². The quantitative estimate of drug-likeness (QED) is 0.564. The van der Waals surface area contributed by atoms with Crippen molar-refractivity contribution in [3.05, 3.63) is 22.8 Å². The average molecular weight is 176 g/mol. The van der Waals surface area contributed by atoms with Crippen molar-refractivity contribution in [2.45, 2.75) is 46.5 Å². The summed E-state index contributed by atoms with van der Waals surface area (Å²) >= 11 is 0. The summed E-state index contributed by atoms with van der Waals surface area (Å²) in [7, 11) is 0. The molecule has 0 bridgehead atoms. The molecule has 0 heterocycles. The van der Waals surface area contributed by atoms with E-state index >= 15 is 0 Å². The van der Waals surface area contributed by atoms with Crippen LogP contribution in [-0.4, -0.2) is 0 Å². The second-order valence-electron chi connectivity index (χ2n) is 4.84. The Kier molecular flexibility index (Phi) is 2.31. The Morgan fingerprint density at radius 3 is 2.85 bits per heavy atom. The third-order valence-corrected chi connectivity index (χ3v) is 3.54. The van der Waals surface area contributed by atoms with Crippen molar-refractivity contribution in [2.24, 2.45) is 11.8 Å². The van der Waals surface area contributed by atoms with Gasteiger partial charge in [-0.2, -0.15) is 0 Å². The van der Waals surface area contributed by atoms with Crippen LogP contribution in [0.2, 0.25) is 0 Å². The highest BCUT2D eigenvalue weighted by Crippen LogP contribution is 2.42. The average Bonchev–Trinajstić information content (AvgIpc) is 2.47. The summed E-state index contributed by atoms with van der Waals surface area (Å²) in [6, 6.07) is 0. The molecule has 0 N–H and O–H groups in total. The molecule has 0 saturated carbocycles. The van der Waals surface area contributed by atoms with Crippen LogP contribution < -0.4 is 0 Å². The van der Waals surface area contributed by atoms with Crippen molar-refractivity contribution in [3.8, 4) is 0 Å². The Morgan fingerprint density at radius 2 is 2.15 bits per heavy atom. The van der Waals surface area contributed by atoms with E-state index in [4.69, 9.17) is 0 Å². The molecule has 0 aromatic rings. The van der Waals surface area contributed by atoms with Crippen molar-refractivity contribution in [1.82, 2.24) is 0 Å². The summed E-state index contributed by atoms with van der Waals surface area (Å²) in [4.78, 5) is 0. The Bertz CT molecular complexity index is 268. The second-order valence-corrected chi connectivity index (χ2v) is 4.84. The van der Waals surface area contributed by atoms with Gasteiger partial charge >= 0.3 is 0 Å². The first-order valence-electron chi connectivity index (χ1n) is 5.62. The van der Waals surface area contributed by atoms with Gasteiger partial charge in [-0.25, -0.2) is 0 Å². The third kappa shape index (κ3) is 1.59. The molecule has 0 aromatic heterocycles. The maximum atomic E-state index is 2.48. The number of hydrogen-bond donors (Lipinski definition) is 0. The van der Waals surface area contributed by atoms with Gasteiger partial charge in [-0.1, -0.05) is 38.0 Å². The normalized spacial score (nSPS) is 33.3. The summed E-state index contributed by atoms with van der Waals surface area (Å²) in [5, 5.41) is 0. The third-order valence-electron chi connectivity index (χ3n) is 3.54. The van der Waals surface area contributed by atoms with Gasteiger partial charge in [0.05, 0.1) is 0 Å². The van der Waals surface area contributed by atoms with Crippen molar-refractivity contribution in [2.75, 3.05) is 0 Å².